The molecule has 3 unspecified atom stereocenters. The van der Waals surface area contributed by atoms with E-state index in [0.717, 1.165) is 0 Å². The van der Waals surface area contributed by atoms with Crippen LogP contribution in [0.3, 0.4) is 0 Å². The lowest BCUT2D eigenvalue weighted by Gasteiger charge is -2.37. The SMILES string of the molecule is C=CC1OC(C)(C)OC1C(O)CO[Si](C)(C)C(C)(C)C. The Kier molecular flexibility index (Phi) is 5.25. The summed E-state index contributed by atoms with van der Waals surface area (Å²) < 4.78 is 17.5. The molecule has 1 N–H and O–H groups in total. The molecule has 0 aromatic carbocycles. The first-order valence-corrected chi connectivity index (χ1v) is 10.1. The van der Waals surface area contributed by atoms with Crippen LogP contribution in [0, 0.1) is 0 Å². The predicted octanol–water partition coefficient (Wildman–Crippen LogP) is 3.08. The van der Waals surface area contributed by atoms with Crippen molar-refractivity contribution in [2.24, 2.45) is 0 Å². The molecule has 0 amide bonds. The number of ether oxygens (including phenoxy) is 2. The van der Waals surface area contributed by atoms with Crippen molar-refractivity contribution in [2.75, 3.05) is 6.61 Å². The summed E-state index contributed by atoms with van der Waals surface area (Å²) in [7, 11) is -1.87. The number of hydrogen-bond acceptors (Lipinski definition) is 4. The van der Waals surface area contributed by atoms with E-state index >= 15 is 0 Å². The normalized spacial score (nSPS) is 28.4. The van der Waals surface area contributed by atoms with Crippen LogP contribution >= 0.6 is 0 Å². The Labute approximate surface area is 124 Å². The monoisotopic (exact) mass is 302 g/mol. The average molecular weight is 302 g/mol. The zero-order chi connectivity index (χ0) is 15.8. The van der Waals surface area contributed by atoms with E-state index in [2.05, 4.69) is 40.4 Å². The van der Waals surface area contributed by atoms with Crippen molar-refractivity contribution in [3.8, 4) is 0 Å². The Morgan fingerprint density at radius 2 is 1.90 bits per heavy atom. The van der Waals surface area contributed by atoms with Crippen molar-refractivity contribution in [3.63, 3.8) is 0 Å². The Morgan fingerprint density at radius 3 is 2.35 bits per heavy atom. The Hall–Kier alpha value is -0.203. The van der Waals surface area contributed by atoms with Crippen molar-refractivity contribution in [3.05, 3.63) is 12.7 Å². The van der Waals surface area contributed by atoms with Crippen LogP contribution in [0.5, 0.6) is 0 Å². The highest BCUT2D eigenvalue weighted by atomic mass is 28.4. The van der Waals surface area contributed by atoms with Crippen LogP contribution in [0.15, 0.2) is 12.7 Å². The molecule has 5 heteroatoms. The van der Waals surface area contributed by atoms with Gasteiger partial charge in [-0.15, -0.1) is 6.58 Å². The Morgan fingerprint density at radius 1 is 1.35 bits per heavy atom. The fourth-order valence-corrected chi connectivity index (χ4v) is 2.92. The summed E-state index contributed by atoms with van der Waals surface area (Å²) in [4.78, 5) is 0. The van der Waals surface area contributed by atoms with E-state index in [9.17, 15) is 5.11 Å². The van der Waals surface area contributed by atoms with E-state index in [4.69, 9.17) is 13.9 Å². The largest absolute Gasteiger partial charge is 0.414 e. The first kappa shape index (κ1) is 17.8. The lowest BCUT2D eigenvalue weighted by atomic mass is 10.1. The van der Waals surface area contributed by atoms with Gasteiger partial charge in [0.1, 0.15) is 18.3 Å². The maximum atomic E-state index is 10.4. The predicted molar refractivity (Wildman–Crippen MR) is 83.2 cm³/mol. The molecule has 0 aromatic heterocycles. The van der Waals surface area contributed by atoms with Crippen LogP contribution < -0.4 is 0 Å². The van der Waals surface area contributed by atoms with Crippen molar-refractivity contribution in [1.82, 2.24) is 0 Å². The van der Waals surface area contributed by atoms with Crippen LogP contribution in [0.1, 0.15) is 34.6 Å². The second-order valence-electron chi connectivity index (χ2n) is 7.44. The van der Waals surface area contributed by atoms with Gasteiger partial charge in [-0.05, 0) is 32.0 Å². The zero-order valence-electron chi connectivity index (χ0n) is 13.9. The summed E-state index contributed by atoms with van der Waals surface area (Å²) in [6.45, 7) is 18.6. The highest BCUT2D eigenvalue weighted by Crippen LogP contribution is 2.37. The van der Waals surface area contributed by atoms with Crippen LogP contribution in [0.25, 0.3) is 0 Å². The minimum absolute atomic E-state index is 0.122. The van der Waals surface area contributed by atoms with E-state index in [1.165, 1.54) is 0 Å². The molecule has 0 aliphatic carbocycles. The molecule has 0 bridgehead atoms. The van der Waals surface area contributed by atoms with Crippen LogP contribution in [0.4, 0.5) is 0 Å². The molecule has 1 aliphatic rings. The molecule has 3 atom stereocenters. The van der Waals surface area contributed by atoms with Gasteiger partial charge in [0, 0.05) is 0 Å². The smallest absolute Gasteiger partial charge is 0.192 e. The summed E-state index contributed by atoms with van der Waals surface area (Å²) in [5.74, 6) is -0.693. The molecule has 1 aliphatic heterocycles. The summed E-state index contributed by atoms with van der Waals surface area (Å²) in [5.41, 5.74) is 0. The molecule has 1 rings (SSSR count). The van der Waals surface area contributed by atoms with Crippen LogP contribution in [-0.2, 0) is 13.9 Å². The van der Waals surface area contributed by atoms with E-state index in [1.807, 2.05) is 13.8 Å². The number of aliphatic hydroxyl groups is 1. The zero-order valence-corrected chi connectivity index (χ0v) is 14.9. The minimum atomic E-state index is -1.87. The van der Waals surface area contributed by atoms with Crippen molar-refractivity contribution in [2.45, 2.75) is 76.8 Å². The van der Waals surface area contributed by atoms with Gasteiger partial charge in [0.05, 0.1) is 6.61 Å². The molecule has 0 saturated carbocycles. The maximum Gasteiger partial charge on any atom is 0.192 e. The average Bonchev–Trinajstić information content (AvgIpc) is 2.60. The third-order valence-corrected chi connectivity index (χ3v) is 8.70. The molecule has 4 nitrogen and oxygen atoms in total. The summed E-state index contributed by atoms with van der Waals surface area (Å²) in [6, 6.07) is 0. The molecule has 0 aromatic rings. The maximum absolute atomic E-state index is 10.4. The molecule has 1 fully saturated rings. The van der Waals surface area contributed by atoms with Gasteiger partial charge in [0.2, 0.25) is 0 Å². The van der Waals surface area contributed by atoms with Gasteiger partial charge in [-0.1, -0.05) is 26.8 Å². The summed E-state index contributed by atoms with van der Waals surface area (Å²) in [5, 5.41) is 10.5. The molecular weight excluding hydrogens is 272 g/mol. The van der Waals surface area contributed by atoms with Crippen molar-refractivity contribution >= 4 is 8.32 Å². The van der Waals surface area contributed by atoms with Gasteiger partial charge < -0.3 is 19.0 Å². The standard InChI is InChI=1S/C15H30O4Si/c1-9-12-13(19-15(5,6)18-12)11(16)10-17-20(7,8)14(2,3)4/h9,11-13,16H,1,10H2,2-8H3. The fourth-order valence-electron chi connectivity index (χ4n) is 1.90. The Bertz CT molecular complexity index is 346. The second kappa shape index (κ2) is 5.89. The fraction of sp³-hybridized carbons (Fsp3) is 0.867. The molecular formula is C15H30O4Si. The van der Waals surface area contributed by atoms with E-state index < -0.39 is 26.3 Å². The number of rotatable bonds is 5. The van der Waals surface area contributed by atoms with Gasteiger partial charge in [0.15, 0.2) is 14.1 Å². The second-order valence-corrected chi connectivity index (χ2v) is 12.2. The topological polar surface area (TPSA) is 47.9 Å². The third-order valence-electron chi connectivity index (χ3n) is 4.20. The molecule has 1 heterocycles. The molecule has 20 heavy (non-hydrogen) atoms. The van der Waals surface area contributed by atoms with E-state index in [0.29, 0.717) is 0 Å². The summed E-state index contributed by atoms with van der Waals surface area (Å²) >= 11 is 0. The van der Waals surface area contributed by atoms with Crippen LogP contribution in [-0.4, -0.2) is 44.1 Å². The molecule has 1 saturated heterocycles. The van der Waals surface area contributed by atoms with Crippen molar-refractivity contribution < 1.29 is 19.0 Å². The first-order valence-electron chi connectivity index (χ1n) is 7.20. The van der Waals surface area contributed by atoms with Gasteiger partial charge in [-0.3, -0.25) is 0 Å². The molecule has 0 spiro atoms. The number of hydrogen-bond donors (Lipinski definition) is 1. The number of aliphatic hydroxyl groups excluding tert-OH is 1. The highest BCUT2D eigenvalue weighted by molar-refractivity contribution is 6.74. The minimum Gasteiger partial charge on any atom is -0.414 e. The van der Waals surface area contributed by atoms with Gasteiger partial charge in [-0.25, -0.2) is 0 Å². The van der Waals surface area contributed by atoms with E-state index in [-0.39, 0.29) is 17.7 Å². The van der Waals surface area contributed by atoms with Gasteiger partial charge >= 0.3 is 0 Å². The lowest BCUT2D eigenvalue weighted by Crippen LogP contribution is -2.46. The molecule has 118 valence electrons. The summed E-state index contributed by atoms with van der Waals surface area (Å²) in [6.07, 6.45) is 0.235. The van der Waals surface area contributed by atoms with Crippen molar-refractivity contribution in [1.29, 1.82) is 0 Å². The molecule has 0 radical (unpaired) electrons. The van der Waals surface area contributed by atoms with Crippen LogP contribution in [0.2, 0.25) is 18.1 Å². The van der Waals surface area contributed by atoms with Gasteiger partial charge in [0.25, 0.3) is 0 Å². The van der Waals surface area contributed by atoms with Gasteiger partial charge in [-0.2, -0.15) is 0 Å². The quantitative estimate of drug-likeness (QED) is 0.626. The lowest BCUT2D eigenvalue weighted by molar-refractivity contribution is -0.155. The van der Waals surface area contributed by atoms with E-state index in [1.54, 1.807) is 6.08 Å². The Balaban J connectivity index is 2.63. The highest BCUT2D eigenvalue weighted by Gasteiger charge is 2.44. The third kappa shape index (κ3) is 4.15. The first-order chi connectivity index (χ1) is 8.89.